The molecule has 1 fully saturated rings. The average molecular weight is 422 g/mol. The summed E-state index contributed by atoms with van der Waals surface area (Å²) in [6.45, 7) is 8.76. The zero-order valence-electron chi connectivity index (χ0n) is 17.0. The summed E-state index contributed by atoms with van der Waals surface area (Å²) in [5.41, 5.74) is 1.00. The summed E-state index contributed by atoms with van der Waals surface area (Å²) in [6.07, 6.45) is 0.705. The molecule has 2 aromatic rings. The number of ether oxygens (including phenoxy) is 2. The van der Waals surface area contributed by atoms with Crippen molar-refractivity contribution in [2.24, 2.45) is 5.92 Å². The van der Waals surface area contributed by atoms with E-state index < -0.39 is 0 Å². The summed E-state index contributed by atoms with van der Waals surface area (Å²) in [4.78, 5) is 20.9. The van der Waals surface area contributed by atoms with Crippen LogP contribution in [0.3, 0.4) is 0 Å². The number of hydrogen-bond donors (Lipinski definition) is 0. The standard InChI is InChI=1S/C21H28FN3O3S/c1-16(2)13-28-21(26)25-9-3-8-24(10-11-25)12-18-15-29-20(23-18)14-27-19-6-4-17(22)5-7-19/h4-7,15-16H,3,8-14H2,1-2H3. The Balaban J connectivity index is 1.44. The number of halogens is 1. The molecule has 0 aliphatic carbocycles. The van der Waals surface area contributed by atoms with E-state index in [4.69, 9.17) is 9.47 Å². The zero-order valence-corrected chi connectivity index (χ0v) is 17.8. The van der Waals surface area contributed by atoms with E-state index in [-0.39, 0.29) is 11.9 Å². The highest BCUT2D eigenvalue weighted by atomic mass is 32.1. The molecule has 2 heterocycles. The van der Waals surface area contributed by atoms with Crippen LogP contribution in [0, 0.1) is 11.7 Å². The van der Waals surface area contributed by atoms with Crippen LogP contribution in [0.2, 0.25) is 0 Å². The fraction of sp³-hybridized carbons (Fsp3) is 0.524. The first-order chi connectivity index (χ1) is 14.0. The Morgan fingerprint density at radius 1 is 1.21 bits per heavy atom. The third-order valence-corrected chi connectivity index (χ3v) is 5.42. The van der Waals surface area contributed by atoms with Crippen molar-refractivity contribution in [1.29, 1.82) is 0 Å². The molecule has 3 rings (SSSR count). The molecule has 1 amide bonds. The van der Waals surface area contributed by atoms with Crippen molar-refractivity contribution in [2.45, 2.75) is 33.4 Å². The first-order valence-electron chi connectivity index (χ1n) is 9.95. The Bertz CT molecular complexity index is 782. The first-order valence-corrected chi connectivity index (χ1v) is 10.8. The molecule has 158 valence electrons. The van der Waals surface area contributed by atoms with Crippen LogP contribution in [0.5, 0.6) is 5.75 Å². The molecule has 0 unspecified atom stereocenters. The number of nitrogens with zero attached hydrogens (tertiary/aromatic N) is 3. The van der Waals surface area contributed by atoms with E-state index in [9.17, 15) is 9.18 Å². The van der Waals surface area contributed by atoms with Crippen molar-refractivity contribution in [3.63, 3.8) is 0 Å². The van der Waals surface area contributed by atoms with Gasteiger partial charge in [-0.25, -0.2) is 14.2 Å². The molecule has 0 radical (unpaired) electrons. The molecule has 1 aromatic carbocycles. The number of hydrogen-bond acceptors (Lipinski definition) is 6. The van der Waals surface area contributed by atoms with E-state index in [0.717, 1.165) is 43.3 Å². The summed E-state index contributed by atoms with van der Waals surface area (Å²) in [5.74, 6) is 0.687. The van der Waals surface area contributed by atoms with Crippen LogP contribution in [0.15, 0.2) is 29.6 Å². The highest BCUT2D eigenvalue weighted by Gasteiger charge is 2.21. The monoisotopic (exact) mass is 421 g/mol. The van der Waals surface area contributed by atoms with Gasteiger partial charge < -0.3 is 14.4 Å². The molecule has 1 aliphatic rings. The Labute approximate surface area is 175 Å². The van der Waals surface area contributed by atoms with Gasteiger partial charge in [0.15, 0.2) is 0 Å². The van der Waals surface area contributed by atoms with Crippen molar-refractivity contribution in [3.8, 4) is 5.75 Å². The van der Waals surface area contributed by atoms with Gasteiger partial charge in [-0.15, -0.1) is 11.3 Å². The minimum Gasteiger partial charge on any atom is -0.486 e. The summed E-state index contributed by atoms with van der Waals surface area (Å²) >= 11 is 1.56. The maximum Gasteiger partial charge on any atom is 0.409 e. The van der Waals surface area contributed by atoms with E-state index >= 15 is 0 Å². The fourth-order valence-electron chi connectivity index (χ4n) is 3.03. The van der Waals surface area contributed by atoms with Crippen molar-refractivity contribution in [3.05, 3.63) is 46.2 Å². The van der Waals surface area contributed by atoms with E-state index in [1.165, 1.54) is 12.1 Å². The average Bonchev–Trinajstić information content (AvgIpc) is 3.01. The highest BCUT2D eigenvalue weighted by Crippen LogP contribution is 2.17. The molecule has 0 N–H and O–H groups in total. The van der Waals surface area contributed by atoms with Crippen molar-refractivity contribution in [1.82, 2.24) is 14.8 Å². The minimum absolute atomic E-state index is 0.213. The van der Waals surface area contributed by atoms with Crippen LogP contribution >= 0.6 is 11.3 Å². The molecule has 0 saturated carbocycles. The van der Waals surface area contributed by atoms with Crippen LogP contribution in [-0.4, -0.2) is 53.7 Å². The van der Waals surface area contributed by atoms with E-state index in [1.54, 1.807) is 28.4 Å². The van der Waals surface area contributed by atoms with Crippen LogP contribution < -0.4 is 4.74 Å². The fourth-order valence-corrected chi connectivity index (χ4v) is 3.73. The lowest BCUT2D eigenvalue weighted by Gasteiger charge is -2.21. The topological polar surface area (TPSA) is 54.9 Å². The molecule has 0 bridgehead atoms. The quantitative estimate of drug-likeness (QED) is 0.672. The Hall–Kier alpha value is -2.19. The molecule has 6 nitrogen and oxygen atoms in total. The van der Waals surface area contributed by atoms with Crippen molar-refractivity contribution < 1.29 is 18.7 Å². The Kier molecular flexibility index (Phi) is 7.83. The molecular weight excluding hydrogens is 393 g/mol. The van der Waals surface area contributed by atoms with Crippen molar-refractivity contribution in [2.75, 3.05) is 32.8 Å². The number of carbonyl (C=O) groups excluding carboxylic acids is 1. The third-order valence-electron chi connectivity index (χ3n) is 4.55. The third kappa shape index (κ3) is 6.97. The SMILES string of the molecule is CC(C)COC(=O)N1CCCN(Cc2csc(COc3ccc(F)cc3)n2)CC1. The molecule has 0 atom stereocenters. The maximum absolute atomic E-state index is 12.9. The minimum atomic E-state index is -0.280. The normalized spacial score (nSPS) is 15.4. The second-order valence-electron chi connectivity index (χ2n) is 7.56. The van der Waals surface area contributed by atoms with Crippen LogP contribution in [0.4, 0.5) is 9.18 Å². The number of thiazole rings is 1. The van der Waals surface area contributed by atoms with Gasteiger partial charge in [-0.3, -0.25) is 4.90 Å². The summed E-state index contributed by atoms with van der Waals surface area (Å²) in [7, 11) is 0. The molecule has 1 aromatic heterocycles. The van der Waals surface area contributed by atoms with Gasteiger partial charge in [-0.1, -0.05) is 13.8 Å². The van der Waals surface area contributed by atoms with Gasteiger partial charge in [0.05, 0.1) is 12.3 Å². The number of benzene rings is 1. The molecule has 8 heteroatoms. The van der Waals surface area contributed by atoms with Gasteiger partial charge in [0, 0.05) is 38.1 Å². The highest BCUT2D eigenvalue weighted by molar-refractivity contribution is 7.09. The number of rotatable bonds is 7. The van der Waals surface area contributed by atoms with Gasteiger partial charge in [0.25, 0.3) is 0 Å². The second kappa shape index (κ2) is 10.5. The van der Waals surface area contributed by atoms with Crippen LogP contribution in [-0.2, 0) is 17.9 Å². The maximum atomic E-state index is 12.9. The van der Waals surface area contributed by atoms with Crippen LogP contribution in [0.25, 0.3) is 0 Å². The lowest BCUT2D eigenvalue weighted by molar-refractivity contribution is 0.0930. The predicted molar refractivity (Wildman–Crippen MR) is 110 cm³/mol. The van der Waals surface area contributed by atoms with E-state index in [2.05, 4.69) is 9.88 Å². The molecule has 29 heavy (non-hydrogen) atoms. The smallest absolute Gasteiger partial charge is 0.409 e. The van der Waals surface area contributed by atoms with E-state index in [1.807, 2.05) is 19.2 Å². The summed E-state index contributed by atoms with van der Waals surface area (Å²) in [6, 6.07) is 5.98. The van der Waals surface area contributed by atoms with Gasteiger partial charge in [-0.2, -0.15) is 0 Å². The van der Waals surface area contributed by atoms with E-state index in [0.29, 0.717) is 31.4 Å². The first kappa shape index (κ1) is 21.5. The zero-order chi connectivity index (χ0) is 20.6. The van der Waals surface area contributed by atoms with Gasteiger partial charge in [-0.05, 0) is 36.6 Å². The number of amides is 1. The van der Waals surface area contributed by atoms with Crippen LogP contribution in [0.1, 0.15) is 31.0 Å². The lowest BCUT2D eigenvalue weighted by Crippen LogP contribution is -2.36. The largest absolute Gasteiger partial charge is 0.486 e. The Morgan fingerprint density at radius 2 is 2.00 bits per heavy atom. The predicted octanol–water partition coefficient (Wildman–Crippen LogP) is 4.16. The number of carbonyl (C=O) groups is 1. The molecular formula is C21H28FN3O3S. The van der Waals surface area contributed by atoms with Crippen molar-refractivity contribution >= 4 is 17.4 Å². The second-order valence-corrected chi connectivity index (χ2v) is 8.51. The molecule has 1 saturated heterocycles. The molecule has 1 aliphatic heterocycles. The number of aromatic nitrogens is 1. The summed E-state index contributed by atoms with van der Waals surface area (Å²) in [5, 5.41) is 2.93. The Morgan fingerprint density at radius 3 is 2.76 bits per heavy atom. The van der Waals surface area contributed by atoms with Gasteiger partial charge in [0.1, 0.15) is 23.2 Å². The van der Waals surface area contributed by atoms with Gasteiger partial charge >= 0.3 is 6.09 Å². The molecule has 0 spiro atoms. The van der Waals surface area contributed by atoms with Gasteiger partial charge in [0.2, 0.25) is 0 Å². The summed E-state index contributed by atoms with van der Waals surface area (Å²) < 4.78 is 24.0. The lowest BCUT2D eigenvalue weighted by atomic mass is 10.2.